The predicted octanol–water partition coefficient (Wildman–Crippen LogP) is 5.33. The lowest BCUT2D eigenvalue weighted by Gasteiger charge is -2.34. The van der Waals surface area contributed by atoms with Gasteiger partial charge in [-0.05, 0) is 107 Å². The van der Waals surface area contributed by atoms with Crippen LogP contribution < -0.4 is 19.7 Å². The summed E-state index contributed by atoms with van der Waals surface area (Å²) in [5.74, 6) is 2.36. The average molecular weight is 634 g/mol. The molecule has 2 N–H and O–H groups in total. The number of carbonyl (C=O) groups excluding carboxylic acids is 1. The van der Waals surface area contributed by atoms with Gasteiger partial charge in [0.15, 0.2) is 10.8 Å². The molecule has 3 aromatic rings. The molecule has 2 unspecified atom stereocenters. The number of sulfonamides is 1. The lowest BCUT2D eigenvalue weighted by molar-refractivity contribution is 0.0981. The Hall–Kier alpha value is -3.67. The van der Waals surface area contributed by atoms with Crippen LogP contribution in [0.3, 0.4) is 0 Å². The van der Waals surface area contributed by atoms with E-state index in [-0.39, 0.29) is 16.1 Å². The topological polar surface area (TPSA) is 131 Å². The van der Waals surface area contributed by atoms with Crippen LogP contribution in [-0.4, -0.2) is 59.3 Å². The van der Waals surface area contributed by atoms with Crippen LogP contribution >= 0.6 is 0 Å². The first-order valence-electron chi connectivity index (χ1n) is 16.4. The molecule has 0 radical (unpaired) electrons. The van der Waals surface area contributed by atoms with Crippen molar-refractivity contribution >= 4 is 27.6 Å². The number of hydrogen-bond donors (Lipinski definition) is 2. The molecule has 4 bridgehead atoms. The number of nitrogens with one attached hydrogen (secondary N) is 2. The minimum Gasteiger partial charge on any atom is -0.477 e. The van der Waals surface area contributed by atoms with Gasteiger partial charge in [0.05, 0.1) is 12.2 Å². The molecule has 2 atom stereocenters. The molecule has 240 valence electrons. The standard InChI is InChI=1S/C33H43N7O4S/c1-32(2)21-23-7-6-18-34-26-9-5-10-29(35-26)45(42,43)38-31(41)25-11-12-27(36-30(25)39(32)22-23)40-19-13-28(37-40)44-20-14-24-8-3-4-15-33(24)16-17-33/h5,9-13,19,23-24H,3-4,6-8,14-18,20-22H2,1-2H3,(H,34,35)(H,38,41). The highest BCUT2D eigenvalue weighted by Crippen LogP contribution is 2.60. The smallest absolute Gasteiger partial charge is 0.281 e. The molecule has 11 nitrogen and oxygen atoms in total. The molecular weight excluding hydrogens is 590 g/mol. The van der Waals surface area contributed by atoms with Gasteiger partial charge in [-0.1, -0.05) is 18.9 Å². The summed E-state index contributed by atoms with van der Waals surface area (Å²) < 4.78 is 36.5. The number of pyridine rings is 2. The zero-order valence-corrected chi connectivity index (χ0v) is 27.0. The maximum atomic E-state index is 13.6. The molecular formula is C33H43N7O4S. The van der Waals surface area contributed by atoms with E-state index in [4.69, 9.17) is 9.72 Å². The third-order valence-corrected chi connectivity index (χ3v) is 11.6. The van der Waals surface area contributed by atoms with Crippen molar-refractivity contribution in [1.82, 2.24) is 24.5 Å². The van der Waals surface area contributed by atoms with Gasteiger partial charge in [-0.2, -0.15) is 8.42 Å². The molecule has 2 aliphatic heterocycles. The molecule has 0 aromatic carbocycles. The van der Waals surface area contributed by atoms with Crippen LogP contribution in [0.25, 0.3) is 5.82 Å². The monoisotopic (exact) mass is 633 g/mol. The van der Waals surface area contributed by atoms with E-state index in [1.54, 1.807) is 28.9 Å². The fourth-order valence-corrected chi connectivity index (χ4v) is 8.80. The van der Waals surface area contributed by atoms with Crippen LogP contribution in [0.15, 0.2) is 47.6 Å². The number of aromatic nitrogens is 4. The van der Waals surface area contributed by atoms with Crippen LogP contribution in [0.4, 0.5) is 11.6 Å². The first-order valence-corrected chi connectivity index (χ1v) is 17.9. The number of fused-ring (bicyclic) bond motifs is 6. The Morgan fingerprint density at radius 3 is 2.73 bits per heavy atom. The Morgan fingerprint density at radius 2 is 1.89 bits per heavy atom. The molecule has 3 aromatic heterocycles. The first-order chi connectivity index (χ1) is 21.6. The van der Waals surface area contributed by atoms with Crippen molar-refractivity contribution in [3.05, 3.63) is 48.2 Å². The van der Waals surface area contributed by atoms with Gasteiger partial charge in [0.25, 0.3) is 15.9 Å². The molecule has 3 fully saturated rings. The minimum absolute atomic E-state index is 0.185. The largest absolute Gasteiger partial charge is 0.477 e. The summed E-state index contributed by atoms with van der Waals surface area (Å²) in [4.78, 5) is 25.0. The van der Waals surface area contributed by atoms with Gasteiger partial charge in [-0.25, -0.2) is 19.4 Å². The maximum Gasteiger partial charge on any atom is 0.281 e. The molecule has 2 aliphatic carbocycles. The van der Waals surface area contributed by atoms with E-state index < -0.39 is 15.9 Å². The highest BCUT2D eigenvalue weighted by Gasteiger charge is 2.49. The second kappa shape index (κ2) is 11.6. The summed E-state index contributed by atoms with van der Waals surface area (Å²) in [5.41, 5.74) is 0.479. The zero-order valence-electron chi connectivity index (χ0n) is 26.2. The first kappa shape index (κ1) is 30.0. The summed E-state index contributed by atoms with van der Waals surface area (Å²) in [5, 5.41) is 7.67. The normalized spacial score (nSPS) is 24.9. The van der Waals surface area contributed by atoms with Crippen LogP contribution in [0.5, 0.6) is 5.88 Å². The third-order valence-electron chi connectivity index (χ3n) is 10.4. The summed E-state index contributed by atoms with van der Waals surface area (Å²) in [6.45, 7) is 6.32. The van der Waals surface area contributed by atoms with E-state index in [1.807, 2.05) is 12.3 Å². The lowest BCUT2D eigenvalue weighted by Crippen LogP contribution is -2.41. The SMILES string of the molecule is CC1(C)CC2CCCNc3cccc(n3)S(=O)(=O)NC(=O)c3ccc(-n4ccc(OCCC5CCCCC56CC6)n4)nc3N1C2. The number of anilines is 2. The second-order valence-corrected chi connectivity index (χ2v) is 15.6. The Bertz CT molecular complexity index is 1680. The van der Waals surface area contributed by atoms with Gasteiger partial charge in [-0.3, -0.25) is 4.79 Å². The van der Waals surface area contributed by atoms with Crippen molar-refractivity contribution in [2.75, 3.05) is 29.9 Å². The van der Waals surface area contributed by atoms with E-state index >= 15 is 0 Å². The van der Waals surface area contributed by atoms with E-state index in [1.165, 1.54) is 44.6 Å². The lowest BCUT2D eigenvalue weighted by atomic mass is 9.75. The average Bonchev–Trinajstić information content (AvgIpc) is 3.48. The fraction of sp³-hybridized carbons (Fsp3) is 0.576. The van der Waals surface area contributed by atoms with E-state index in [9.17, 15) is 13.2 Å². The summed E-state index contributed by atoms with van der Waals surface area (Å²) >= 11 is 0. The number of nitrogens with zero attached hydrogens (tertiary/aromatic N) is 5. The Morgan fingerprint density at radius 1 is 1.02 bits per heavy atom. The summed E-state index contributed by atoms with van der Waals surface area (Å²) in [6.07, 6.45) is 13.8. The Labute approximate surface area is 265 Å². The van der Waals surface area contributed by atoms with Crippen molar-refractivity contribution in [2.24, 2.45) is 17.3 Å². The van der Waals surface area contributed by atoms with E-state index in [0.717, 1.165) is 31.6 Å². The number of rotatable bonds is 5. The quantitative estimate of drug-likeness (QED) is 0.383. The Kier molecular flexibility index (Phi) is 7.74. The van der Waals surface area contributed by atoms with E-state index in [2.05, 4.69) is 38.9 Å². The van der Waals surface area contributed by atoms with Gasteiger partial charge >= 0.3 is 0 Å². The van der Waals surface area contributed by atoms with Crippen molar-refractivity contribution in [1.29, 1.82) is 0 Å². The highest BCUT2D eigenvalue weighted by molar-refractivity contribution is 7.90. The Balaban J connectivity index is 1.16. The molecule has 1 spiro atoms. The zero-order chi connectivity index (χ0) is 31.2. The number of hydrogen-bond acceptors (Lipinski definition) is 9. The molecule has 5 heterocycles. The third kappa shape index (κ3) is 6.13. The predicted molar refractivity (Wildman–Crippen MR) is 171 cm³/mol. The van der Waals surface area contributed by atoms with Crippen molar-refractivity contribution in [3.63, 3.8) is 0 Å². The van der Waals surface area contributed by atoms with Crippen LogP contribution in [0.1, 0.15) is 88.4 Å². The van der Waals surface area contributed by atoms with Crippen molar-refractivity contribution in [3.8, 4) is 11.7 Å². The second-order valence-electron chi connectivity index (χ2n) is 13.9. The molecule has 1 amide bonds. The van der Waals surface area contributed by atoms with Crippen LogP contribution in [0.2, 0.25) is 0 Å². The highest BCUT2D eigenvalue weighted by atomic mass is 32.2. The minimum atomic E-state index is -4.22. The molecule has 4 aliphatic rings. The maximum absolute atomic E-state index is 13.6. The van der Waals surface area contributed by atoms with Gasteiger partial charge in [-0.15, -0.1) is 5.10 Å². The number of carbonyl (C=O) groups is 1. The number of ether oxygens (including phenoxy) is 1. The van der Waals surface area contributed by atoms with Gasteiger partial charge in [0, 0.05) is 30.9 Å². The number of amides is 1. The molecule has 1 saturated heterocycles. The summed E-state index contributed by atoms with van der Waals surface area (Å²) in [6, 6.07) is 9.90. The van der Waals surface area contributed by atoms with Crippen LogP contribution in [-0.2, 0) is 10.0 Å². The molecule has 12 heteroatoms. The van der Waals surface area contributed by atoms with Crippen LogP contribution in [0, 0.1) is 17.3 Å². The van der Waals surface area contributed by atoms with Gasteiger partial charge < -0.3 is 15.0 Å². The molecule has 7 rings (SSSR count). The fourth-order valence-electron chi connectivity index (χ4n) is 7.87. The van der Waals surface area contributed by atoms with Crippen molar-refractivity contribution in [2.45, 2.75) is 88.6 Å². The molecule has 2 saturated carbocycles. The van der Waals surface area contributed by atoms with Gasteiger partial charge in [0.1, 0.15) is 11.6 Å². The summed E-state index contributed by atoms with van der Waals surface area (Å²) in [7, 11) is -4.22. The molecule has 45 heavy (non-hydrogen) atoms. The van der Waals surface area contributed by atoms with E-state index in [0.29, 0.717) is 54.4 Å². The van der Waals surface area contributed by atoms with Crippen molar-refractivity contribution < 1.29 is 17.9 Å². The van der Waals surface area contributed by atoms with Gasteiger partial charge in [0.2, 0.25) is 5.88 Å².